The van der Waals surface area contributed by atoms with Gasteiger partial charge in [-0.25, -0.2) is 0 Å². The van der Waals surface area contributed by atoms with Crippen molar-refractivity contribution in [2.75, 3.05) is 18.4 Å². The van der Waals surface area contributed by atoms with Crippen LogP contribution in [0.15, 0.2) is 59.1 Å². The maximum Gasteiger partial charge on any atom is 0.263 e. The third-order valence-electron chi connectivity index (χ3n) is 4.62. The van der Waals surface area contributed by atoms with Crippen molar-refractivity contribution in [1.29, 1.82) is 0 Å². The number of nitrogens with one attached hydrogen (secondary N) is 1. The highest BCUT2D eigenvalue weighted by molar-refractivity contribution is 9.10. The summed E-state index contributed by atoms with van der Waals surface area (Å²) >= 11 is 3.38. The second-order valence-electron chi connectivity index (χ2n) is 6.69. The lowest BCUT2D eigenvalue weighted by atomic mass is 9.96. The number of ether oxygens (including phenoxy) is 1. The Morgan fingerprint density at radius 1 is 1.15 bits per heavy atom. The first kappa shape index (κ1) is 19.4. The molecule has 142 valence electrons. The van der Waals surface area contributed by atoms with E-state index in [0.717, 1.165) is 23.0 Å². The summed E-state index contributed by atoms with van der Waals surface area (Å²) in [7, 11) is 0. The minimum Gasteiger partial charge on any atom is -0.481 e. The molecule has 0 radical (unpaired) electrons. The Bertz CT molecular complexity index is 780. The Morgan fingerprint density at radius 2 is 1.85 bits per heavy atom. The normalized spacial score (nSPS) is 17.9. The largest absolute Gasteiger partial charge is 0.481 e. The molecule has 2 atom stereocenters. The van der Waals surface area contributed by atoms with Gasteiger partial charge in [-0.3, -0.25) is 9.59 Å². The van der Waals surface area contributed by atoms with Gasteiger partial charge in [-0.05, 0) is 56.2 Å². The SMILES string of the molecule is C[C@H](Oc1ccc(Br)cc1)C(=O)N1CCC[C@H](C(=O)Nc2ccccc2)C1. The first-order chi connectivity index (χ1) is 13.0. The summed E-state index contributed by atoms with van der Waals surface area (Å²) in [5.74, 6) is 0.313. The van der Waals surface area contributed by atoms with Crippen LogP contribution in [0.1, 0.15) is 19.8 Å². The Kier molecular flexibility index (Phi) is 6.50. The van der Waals surface area contributed by atoms with Gasteiger partial charge in [0.05, 0.1) is 5.92 Å². The monoisotopic (exact) mass is 430 g/mol. The Labute approximate surface area is 167 Å². The van der Waals surface area contributed by atoms with Crippen LogP contribution in [-0.4, -0.2) is 35.9 Å². The van der Waals surface area contributed by atoms with Crippen molar-refractivity contribution in [3.05, 3.63) is 59.1 Å². The van der Waals surface area contributed by atoms with E-state index in [1.54, 1.807) is 11.8 Å². The van der Waals surface area contributed by atoms with E-state index in [1.165, 1.54) is 0 Å². The number of para-hydroxylation sites is 1. The summed E-state index contributed by atoms with van der Waals surface area (Å²) in [6.45, 7) is 2.82. The van der Waals surface area contributed by atoms with E-state index in [2.05, 4.69) is 21.2 Å². The van der Waals surface area contributed by atoms with Gasteiger partial charge in [0, 0.05) is 23.2 Å². The van der Waals surface area contributed by atoms with Gasteiger partial charge < -0.3 is 15.0 Å². The molecule has 1 heterocycles. The van der Waals surface area contributed by atoms with Gasteiger partial charge in [-0.15, -0.1) is 0 Å². The molecule has 3 rings (SSSR count). The van der Waals surface area contributed by atoms with Crippen LogP contribution >= 0.6 is 15.9 Å². The zero-order valence-electron chi connectivity index (χ0n) is 15.2. The first-order valence-electron chi connectivity index (χ1n) is 9.10. The van der Waals surface area contributed by atoms with Crippen molar-refractivity contribution in [2.45, 2.75) is 25.9 Å². The summed E-state index contributed by atoms with van der Waals surface area (Å²) in [6, 6.07) is 16.8. The van der Waals surface area contributed by atoms with Crippen LogP contribution in [0.25, 0.3) is 0 Å². The molecule has 5 nitrogen and oxygen atoms in total. The molecule has 0 aliphatic carbocycles. The van der Waals surface area contributed by atoms with Crippen LogP contribution in [0.3, 0.4) is 0 Å². The zero-order chi connectivity index (χ0) is 19.2. The smallest absolute Gasteiger partial charge is 0.263 e. The summed E-state index contributed by atoms with van der Waals surface area (Å²) < 4.78 is 6.72. The molecule has 0 aromatic heterocycles. The molecule has 1 N–H and O–H groups in total. The number of benzene rings is 2. The second-order valence-corrected chi connectivity index (χ2v) is 7.61. The molecule has 1 aliphatic rings. The minimum absolute atomic E-state index is 0.0415. The lowest BCUT2D eigenvalue weighted by Gasteiger charge is -2.33. The van der Waals surface area contributed by atoms with E-state index in [0.29, 0.717) is 18.8 Å². The van der Waals surface area contributed by atoms with Gasteiger partial charge >= 0.3 is 0 Å². The van der Waals surface area contributed by atoms with Gasteiger partial charge in [-0.2, -0.15) is 0 Å². The topological polar surface area (TPSA) is 58.6 Å². The molecule has 27 heavy (non-hydrogen) atoms. The number of hydrogen-bond donors (Lipinski definition) is 1. The second kappa shape index (κ2) is 9.04. The summed E-state index contributed by atoms with van der Waals surface area (Å²) in [6.07, 6.45) is 0.996. The van der Waals surface area contributed by atoms with Crippen LogP contribution in [0.2, 0.25) is 0 Å². The van der Waals surface area contributed by atoms with Crippen LogP contribution in [0.4, 0.5) is 5.69 Å². The molecular weight excluding hydrogens is 408 g/mol. The summed E-state index contributed by atoms with van der Waals surface area (Å²) in [4.78, 5) is 27.0. The van der Waals surface area contributed by atoms with E-state index in [1.807, 2.05) is 54.6 Å². The standard InChI is InChI=1S/C21H23BrN2O3/c1-15(27-19-11-9-17(22)10-12-19)21(26)24-13-5-6-16(14-24)20(25)23-18-7-3-2-4-8-18/h2-4,7-12,15-16H,5-6,13-14H2,1H3,(H,23,25)/t15-,16-/m0/s1. The lowest BCUT2D eigenvalue weighted by molar-refractivity contribution is -0.140. The van der Waals surface area contributed by atoms with Gasteiger partial charge in [0.1, 0.15) is 5.75 Å². The molecule has 0 unspecified atom stereocenters. The molecule has 2 aromatic carbocycles. The molecule has 6 heteroatoms. The van der Waals surface area contributed by atoms with Crippen molar-refractivity contribution < 1.29 is 14.3 Å². The number of anilines is 1. The fourth-order valence-corrected chi connectivity index (χ4v) is 3.45. The van der Waals surface area contributed by atoms with Gasteiger partial charge in [0.15, 0.2) is 6.10 Å². The predicted molar refractivity (Wildman–Crippen MR) is 109 cm³/mol. The number of piperidine rings is 1. The van der Waals surface area contributed by atoms with Crippen molar-refractivity contribution in [1.82, 2.24) is 4.90 Å². The number of likely N-dealkylation sites (tertiary alicyclic amines) is 1. The Hall–Kier alpha value is -2.34. The van der Waals surface area contributed by atoms with Crippen LogP contribution in [0, 0.1) is 5.92 Å². The van der Waals surface area contributed by atoms with Crippen LogP contribution in [-0.2, 0) is 9.59 Å². The van der Waals surface area contributed by atoms with Crippen molar-refractivity contribution in [3.8, 4) is 5.75 Å². The number of amides is 2. The predicted octanol–water partition coefficient (Wildman–Crippen LogP) is 4.09. The number of hydrogen-bond acceptors (Lipinski definition) is 3. The van der Waals surface area contributed by atoms with E-state index < -0.39 is 6.10 Å². The average Bonchev–Trinajstić information content (AvgIpc) is 2.70. The summed E-state index contributed by atoms with van der Waals surface area (Å²) in [5.41, 5.74) is 0.776. The van der Waals surface area contributed by atoms with Gasteiger partial charge in [-0.1, -0.05) is 34.1 Å². The van der Waals surface area contributed by atoms with E-state index in [-0.39, 0.29) is 17.7 Å². The highest BCUT2D eigenvalue weighted by atomic mass is 79.9. The highest BCUT2D eigenvalue weighted by Crippen LogP contribution is 2.21. The molecule has 2 amide bonds. The highest BCUT2D eigenvalue weighted by Gasteiger charge is 2.31. The Morgan fingerprint density at radius 3 is 2.56 bits per heavy atom. The van der Waals surface area contributed by atoms with Crippen molar-refractivity contribution in [3.63, 3.8) is 0 Å². The number of carbonyl (C=O) groups excluding carboxylic acids is 2. The van der Waals surface area contributed by atoms with Gasteiger partial charge in [0.25, 0.3) is 5.91 Å². The maximum absolute atomic E-state index is 12.8. The van der Waals surface area contributed by atoms with E-state index in [4.69, 9.17) is 4.74 Å². The van der Waals surface area contributed by atoms with E-state index >= 15 is 0 Å². The molecule has 1 aliphatic heterocycles. The quantitative estimate of drug-likeness (QED) is 0.776. The van der Waals surface area contributed by atoms with Crippen LogP contribution < -0.4 is 10.1 Å². The van der Waals surface area contributed by atoms with E-state index in [9.17, 15) is 9.59 Å². The molecule has 0 spiro atoms. The fraction of sp³-hybridized carbons (Fsp3) is 0.333. The molecule has 1 fully saturated rings. The summed E-state index contributed by atoms with van der Waals surface area (Å²) in [5, 5.41) is 2.93. The third-order valence-corrected chi connectivity index (χ3v) is 5.15. The first-order valence-corrected chi connectivity index (χ1v) is 9.89. The number of nitrogens with zero attached hydrogens (tertiary/aromatic N) is 1. The lowest BCUT2D eigenvalue weighted by Crippen LogP contribution is -2.48. The minimum atomic E-state index is -0.595. The van der Waals surface area contributed by atoms with Crippen molar-refractivity contribution in [2.24, 2.45) is 5.92 Å². The third kappa shape index (κ3) is 5.32. The molecule has 0 saturated carbocycles. The van der Waals surface area contributed by atoms with Gasteiger partial charge in [0.2, 0.25) is 5.91 Å². The molecular formula is C21H23BrN2O3. The molecule has 2 aromatic rings. The zero-order valence-corrected chi connectivity index (χ0v) is 16.8. The molecule has 1 saturated heterocycles. The molecule has 0 bridgehead atoms. The number of carbonyl (C=O) groups is 2. The van der Waals surface area contributed by atoms with Crippen molar-refractivity contribution >= 4 is 33.4 Å². The Balaban J connectivity index is 1.57. The number of halogens is 1. The maximum atomic E-state index is 12.8. The average molecular weight is 431 g/mol. The van der Waals surface area contributed by atoms with Crippen LogP contribution in [0.5, 0.6) is 5.75 Å². The number of rotatable bonds is 5. The fourth-order valence-electron chi connectivity index (χ4n) is 3.18.